The van der Waals surface area contributed by atoms with E-state index in [9.17, 15) is 8.42 Å². The predicted molar refractivity (Wildman–Crippen MR) is 103 cm³/mol. The molecule has 0 aromatic heterocycles. The van der Waals surface area contributed by atoms with Gasteiger partial charge in [0, 0.05) is 0 Å². The van der Waals surface area contributed by atoms with Crippen LogP contribution in [0.2, 0.25) is 0 Å². The van der Waals surface area contributed by atoms with Crippen molar-refractivity contribution in [3.05, 3.63) is 0 Å². The molecular weight excluding hydrogens is 347 g/mol. The number of rotatable bonds is 19. The maximum absolute atomic E-state index is 11.5. The van der Waals surface area contributed by atoms with Crippen molar-refractivity contribution in [3.63, 3.8) is 0 Å². The van der Waals surface area contributed by atoms with Crippen LogP contribution in [0.15, 0.2) is 0 Å². The van der Waals surface area contributed by atoms with E-state index in [2.05, 4.69) is 13.8 Å². The minimum Gasteiger partial charge on any atom is -1.00 e. The van der Waals surface area contributed by atoms with E-state index in [1.54, 1.807) is 0 Å². The average Bonchev–Trinajstić information content (AvgIpc) is 2.56. The van der Waals surface area contributed by atoms with Crippen molar-refractivity contribution < 1.29 is 47.8 Å². The molecular formula is C19H41NaO4S. The quantitative estimate of drug-likeness (QED) is 0.252. The average molecular weight is 389 g/mol. The SMILES string of the molecule is CCCCCCCCCCCCOS(=O)(=O)OCCCCCCC.[H-].[Na+]. The fourth-order valence-electron chi connectivity index (χ4n) is 2.65. The van der Waals surface area contributed by atoms with Crippen molar-refractivity contribution >= 4 is 10.4 Å². The van der Waals surface area contributed by atoms with E-state index in [4.69, 9.17) is 8.37 Å². The molecule has 0 heterocycles. The minimum absolute atomic E-state index is 0. The van der Waals surface area contributed by atoms with E-state index in [-0.39, 0.29) is 44.2 Å². The van der Waals surface area contributed by atoms with Gasteiger partial charge in [0.2, 0.25) is 0 Å². The Labute approximate surface area is 180 Å². The maximum atomic E-state index is 11.5. The molecule has 0 spiro atoms. The summed E-state index contributed by atoms with van der Waals surface area (Å²) in [5.41, 5.74) is 0. The zero-order valence-electron chi connectivity index (χ0n) is 18.1. The van der Waals surface area contributed by atoms with Gasteiger partial charge in [0.15, 0.2) is 0 Å². The Kier molecular flexibility index (Phi) is 23.8. The molecule has 0 fully saturated rings. The molecule has 0 atom stereocenters. The van der Waals surface area contributed by atoms with Crippen LogP contribution in [0.3, 0.4) is 0 Å². The first-order valence-electron chi connectivity index (χ1n) is 10.2. The molecule has 0 radical (unpaired) electrons. The van der Waals surface area contributed by atoms with Crippen LogP contribution in [0.1, 0.15) is 112 Å². The summed E-state index contributed by atoms with van der Waals surface area (Å²) in [5.74, 6) is 0. The van der Waals surface area contributed by atoms with E-state index < -0.39 is 10.4 Å². The Hall–Kier alpha value is 0.870. The summed E-state index contributed by atoms with van der Waals surface area (Å²) in [6.07, 6.45) is 17.5. The molecule has 25 heavy (non-hydrogen) atoms. The van der Waals surface area contributed by atoms with Crippen LogP contribution in [0.5, 0.6) is 0 Å². The molecule has 0 aliphatic rings. The van der Waals surface area contributed by atoms with E-state index in [1.807, 2.05) is 0 Å². The Morgan fingerprint density at radius 1 is 0.560 bits per heavy atom. The molecule has 4 nitrogen and oxygen atoms in total. The molecule has 0 unspecified atom stereocenters. The molecule has 0 saturated heterocycles. The smallest absolute Gasteiger partial charge is 1.00 e. The van der Waals surface area contributed by atoms with E-state index in [1.165, 1.54) is 57.8 Å². The Balaban J connectivity index is -0.00000264. The summed E-state index contributed by atoms with van der Waals surface area (Å²) >= 11 is 0. The molecule has 0 aliphatic heterocycles. The fourth-order valence-corrected chi connectivity index (χ4v) is 3.36. The normalized spacial score (nSPS) is 11.4. The second kappa shape index (κ2) is 21.2. The van der Waals surface area contributed by atoms with Crippen molar-refractivity contribution in [2.45, 2.75) is 110 Å². The van der Waals surface area contributed by atoms with E-state index >= 15 is 0 Å². The zero-order chi connectivity index (χ0) is 17.9. The van der Waals surface area contributed by atoms with Gasteiger partial charge in [-0.05, 0) is 12.8 Å². The van der Waals surface area contributed by atoms with Crippen molar-refractivity contribution in [1.82, 2.24) is 0 Å². The molecule has 0 aromatic carbocycles. The topological polar surface area (TPSA) is 52.6 Å². The van der Waals surface area contributed by atoms with Gasteiger partial charge in [-0.15, -0.1) is 0 Å². The molecule has 0 saturated carbocycles. The van der Waals surface area contributed by atoms with Crippen LogP contribution in [-0.2, 0) is 18.8 Å². The Morgan fingerprint density at radius 3 is 1.16 bits per heavy atom. The largest absolute Gasteiger partial charge is 1.00 e. The van der Waals surface area contributed by atoms with Gasteiger partial charge in [-0.2, -0.15) is 8.42 Å². The number of hydrogen-bond donors (Lipinski definition) is 0. The third-order valence-corrected chi connectivity index (χ3v) is 5.11. The van der Waals surface area contributed by atoms with Crippen LogP contribution in [0.4, 0.5) is 0 Å². The second-order valence-corrected chi connectivity index (χ2v) is 7.94. The van der Waals surface area contributed by atoms with Gasteiger partial charge in [0.05, 0.1) is 13.2 Å². The standard InChI is InChI=1S/C19H40O4S.Na.H/c1-3-5-7-9-10-11-12-13-15-17-19-23-24(20,21)22-18-16-14-8-6-4-2;;/h3-19H2,1-2H3;;/q;+1;-1. The molecule has 0 aromatic rings. The summed E-state index contributed by atoms with van der Waals surface area (Å²) < 4.78 is 32.8. The van der Waals surface area contributed by atoms with Crippen LogP contribution < -0.4 is 29.6 Å². The van der Waals surface area contributed by atoms with Gasteiger partial charge in [-0.1, -0.05) is 97.3 Å². The summed E-state index contributed by atoms with van der Waals surface area (Å²) in [7, 11) is -3.78. The minimum atomic E-state index is -3.78. The third-order valence-electron chi connectivity index (χ3n) is 4.20. The molecule has 148 valence electrons. The third kappa shape index (κ3) is 22.8. The first-order chi connectivity index (χ1) is 11.6. The number of hydrogen-bond acceptors (Lipinski definition) is 4. The van der Waals surface area contributed by atoms with Gasteiger partial charge >= 0.3 is 40.0 Å². The van der Waals surface area contributed by atoms with Crippen molar-refractivity contribution in [3.8, 4) is 0 Å². The Bertz CT molecular complexity index is 353. The van der Waals surface area contributed by atoms with Gasteiger partial charge in [0.1, 0.15) is 0 Å². The van der Waals surface area contributed by atoms with Gasteiger partial charge in [-0.25, -0.2) is 8.37 Å². The molecule has 0 amide bonds. The predicted octanol–water partition coefficient (Wildman–Crippen LogP) is 3.27. The second-order valence-electron chi connectivity index (χ2n) is 6.65. The molecule has 0 rings (SSSR count). The van der Waals surface area contributed by atoms with Crippen molar-refractivity contribution in [2.75, 3.05) is 13.2 Å². The summed E-state index contributed by atoms with van der Waals surface area (Å²) in [6.45, 7) is 4.88. The zero-order valence-corrected chi connectivity index (χ0v) is 19.9. The van der Waals surface area contributed by atoms with Crippen molar-refractivity contribution in [2.24, 2.45) is 0 Å². The van der Waals surface area contributed by atoms with Crippen LogP contribution in [0, 0.1) is 0 Å². The molecule has 0 aliphatic carbocycles. The van der Waals surface area contributed by atoms with Crippen LogP contribution in [-0.4, -0.2) is 21.6 Å². The maximum Gasteiger partial charge on any atom is 1.00 e. The van der Waals surface area contributed by atoms with Gasteiger partial charge < -0.3 is 1.43 Å². The van der Waals surface area contributed by atoms with Crippen LogP contribution >= 0.6 is 0 Å². The summed E-state index contributed by atoms with van der Waals surface area (Å²) in [5, 5.41) is 0. The summed E-state index contributed by atoms with van der Waals surface area (Å²) in [4.78, 5) is 0. The van der Waals surface area contributed by atoms with Crippen molar-refractivity contribution in [1.29, 1.82) is 0 Å². The van der Waals surface area contributed by atoms with E-state index in [0.29, 0.717) is 0 Å². The van der Waals surface area contributed by atoms with Gasteiger partial charge in [0.25, 0.3) is 0 Å². The number of unbranched alkanes of at least 4 members (excludes halogenated alkanes) is 13. The van der Waals surface area contributed by atoms with E-state index in [0.717, 1.165) is 38.5 Å². The first-order valence-corrected chi connectivity index (χ1v) is 11.5. The van der Waals surface area contributed by atoms with Gasteiger partial charge in [-0.3, -0.25) is 0 Å². The first kappa shape index (κ1) is 28.1. The Morgan fingerprint density at radius 2 is 0.840 bits per heavy atom. The molecule has 0 N–H and O–H groups in total. The molecule has 6 heteroatoms. The molecule has 0 bridgehead atoms. The van der Waals surface area contributed by atoms with Crippen LogP contribution in [0.25, 0.3) is 0 Å². The monoisotopic (exact) mass is 388 g/mol. The summed E-state index contributed by atoms with van der Waals surface area (Å²) in [6, 6.07) is 0. The fraction of sp³-hybridized carbons (Fsp3) is 1.00.